The van der Waals surface area contributed by atoms with E-state index in [2.05, 4.69) is 40.4 Å². The van der Waals surface area contributed by atoms with Crippen LogP contribution in [0.2, 0.25) is 5.02 Å². The number of halogens is 1. The van der Waals surface area contributed by atoms with E-state index in [9.17, 15) is 0 Å². The fraction of sp³-hybridized carbons (Fsp3) is 0.632. The number of nitrogens with zero attached hydrogens (tertiary/aromatic N) is 2. The summed E-state index contributed by atoms with van der Waals surface area (Å²) in [7, 11) is 1.80. The molecule has 2 rings (SSSR count). The molecule has 0 amide bonds. The van der Waals surface area contributed by atoms with Crippen molar-refractivity contribution in [3.63, 3.8) is 0 Å². The lowest BCUT2D eigenvalue weighted by Gasteiger charge is -2.35. The van der Waals surface area contributed by atoms with Gasteiger partial charge in [0.25, 0.3) is 0 Å². The predicted molar refractivity (Wildman–Crippen MR) is 106 cm³/mol. The van der Waals surface area contributed by atoms with Gasteiger partial charge in [-0.15, -0.1) is 0 Å². The van der Waals surface area contributed by atoms with Crippen LogP contribution in [0.1, 0.15) is 25.8 Å². The number of nitrogens with one attached hydrogen (secondary N) is 2. The molecule has 2 atom stereocenters. The zero-order valence-corrected chi connectivity index (χ0v) is 16.4. The largest absolute Gasteiger partial charge is 0.373 e. The number of hydrogen-bond donors (Lipinski definition) is 2. The van der Waals surface area contributed by atoms with E-state index in [-0.39, 0.29) is 0 Å². The molecule has 1 saturated heterocycles. The molecular weight excluding hydrogens is 336 g/mol. The number of ether oxygens (including phenoxy) is 1. The van der Waals surface area contributed by atoms with Crippen molar-refractivity contribution in [2.24, 2.45) is 4.99 Å². The Morgan fingerprint density at radius 3 is 2.56 bits per heavy atom. The van der Waals surface area contributed by atoms with Crippen LogP contribution >= 0.6 is 11.6 Å². The molecule has 1 aromatic rings. The van der Waals surface area contributed by atoms with E-state index in [1.807, 2.05) is 18.2 Å². The van der Waals surface area contributed by atoms with Crippen LogP contribution in [-0.4, -0.2) is 62.8 Å². The molecule has 6 heteroatoms. The van der Waals surface area contributed by atoms with Gasteiger partial charge >= 0.3 is 0 Å². The third kappa shape index (κ3) is 7.22. The summed E-state index contributed by atoms with van der Waals surface area (Å²) in [6, 6.07) is 7.96. The van der Waals surface area contributed by atoms with Crippen molar-refractivity contribution in [2.45, 2.75) is 38.9 Å². The Balaban J connectivity index is 1.61. The molecular formula is C19H31ClN4O. The second-order valence-electron chi connectivity index (χ2n) is 6.64. The highest BCUT2D eigenvalue weighted by atomic mass is 35.5. The monoisotopic (exact) mass is 366 g/mol. The Bertz CT molecular complexity index is 542. The topological polar surface area (TPSA) is 48.9 Å². The first kappa shape index (κ1) is 20.0. The van der Waals surface area contributed by atoms with Crippen molar-refractivity contribution < 1.29 is 4.74 Å². The third-order valence-electron chi connectivity index (χ3n) is 4.31. The molecule has 1 aromatic carbocycles. The van der Waals surface area contributed by atoms with Crippen molar-refractivity contribution in [3.05, 3.63) is 34.9 Å². The number of morpholine rings is 1. The summed E-state index contributed by atoms with van der Waals surface area (Å²) in [6.07, 6.45) is 2.63. The molecule has 0 saturated carbocycles. The molecule has 1 fully saturated rings. The maximum atomic E-state index is 6.18. The summed E-state index contributed by atoms with van der Waals surface area (Å²) < 4.78 is 5.77. The molecule has 2 N–H and O–H groups in total. The maximum absolute atomic E-state index is 6.18. The SMILES string of the molecule is CN=C(NCCCN1CC(C)OC(C)C1)NCCc1ccccc1Cl. The predicted octanol–water partition coefficient (Wildman–Crippen LogP) is 2.55. The first-order valence-corrected chi connectivity index (χ1v) is 9.52. The Morgan fingerprint density at radius 2 is 1.88 bits per heavy atom. The van der Waals surface area contributed by atoms with E-state index in [4.69, 9.17) is 16.3 Å². The van der Waals surface area contributed by atoms with Gasteiger partial charge < -0.3 is 15.4 Å². The molecule has 0 aliphatic carbocycles. The van der Waals surface area contributed by atoms with Crippen molar-refractivity contribution in [2.75, 3.05) is 39.8 Å². The third-order valence-corrected chi connectivity index (χ3v) is 4.68. The minimum atomic E-state index is 0.330. The average Bonchev–Trinajstić information content (AvgIpc) is 2.57. The molecule has 0 bridgehead atoms. The summed E-state index contributed by atoms with van der Waals surface area (Å²) in [5.74, 6) is 0.843. The normalized spacial score (nSPS) is 22.0. The van der Waals surface area contributed by atoms with Gasteiger partial charge in [0.05, 0.1) is 12.2 Å². The van der Waals surface area contributed by atoms with E-state index < -0.39 is 0 Å². The van der Waals surface area contributed by atoms with Crippen LogP contribution in [0.3, 0.4) is 0 Å². The first-order chi connectivity index (χ1) is 12.1. The summed E-state index contributed by atoms with van der Waals surface area (Å²) >= 11 is 6.18. The summed E-state index contributed by atoms with van der Waals surface area (Å²) in [5, 5.41) is 7.55. The fourth-order valence-corrected chi connectivity index (χ4v) is 3.44. The molecule has 5 nitrogen and oxygen atoms in total. The van der Waals surface area contributed by atoms with E-state index in [1.54, 1.807) is 7.05 Å². The highest BCUT2D eigenvalue weighted by molar-refractivity contribution is 6.31. The minimum Gasteiger partial charge on any atom is -0.373 e. The Kier molecular flexibility index (Phi) is 8.52. The number of rotatable bonds is 7. The first-order valence-electron chi connectivity index (χ1n) is 9.14. The molecule has 0 radical (unpaired) electrons. The average molecular weight is 367 g/mol. The zero-order valence-electron chi connectivity index (χ0n) is 15.6. The van der Waals surface area contributed by atoms with Gasteiger partial charge in [-0.25, -0.2) is 0 Å². The Labute approximate surface area is 156 Å². The number of aliphatic imine (C=N–C) groups is 1. The van der Waals surface area contributed by atoms with E-state index in [1.165, 1.54) is 0 Å². The van der Waals surface area contributed by atoms with Crippen LogP contribution in [0, 0.1) is 0 Å². The van der Waals surface area contributed by atoms with Gasteiger partial charge in [-0.3, -0.25) is 9.89 Å². The smallest absolute Gasteiger partial charge is 0.190 e. The maximum Gasteiger partial charge on any atom is 0.190 e. The van der Waals surface area contributed by atoms with Crippen LogP contribution in [0.25, 0.3) is 0 Å². The van der Waals surface area contributed by atoms with Gasteiger partial charge in [-0.1, -0.05) is 29.8 Å². The molecule has 1 heterocycles. The van der Waals surface area contributed by atoms with Gasteiger partial charge in [0.15, 0.2) is 5.96 Å². The number of guanidine groups is 1. The van der Waals surface area contributed by atoms with Crippen LogP contribution in [-0.2, 0) is 11.2 Å². The molecule has 1 aliphatic rings. The van der Waals surface area contributed by atoms with Gasteiger partial charge in [-0.05, 0) is 38.3 Å². The Morgan fingerprint density at radius 1 is 1.20 bits per heavy atom. The quantitative estimate of drug-likeness (QED) is 0.442. The standard InChI is InChI=1S/C19H31ClN4O/c1-15-13-24(14-16(2)25-15)12-6-10-22-19(21-3)23-11-9-17-7-4-5-8-18(17)20/h4-5,7-8,15-16H,6,9-14H2,1-3H3,(H2,21,22,23). The highest BCUT2D eigenvalue weighted by Crippen LogP contribution is 2.14. The van der Waals surface area contributed by atoms with Crippen LogP contribution < -0.4 is 10.6 Å². The highest BCUT2D eigenvalue weighted by Gasteiger charge is 2.21. The minimum absolute atomic E-state index is 0.330. The van der Waals surface area contributed by atoms with Crippen LogP contribution in [0.15, 0.2) is 29.3 Å². The van der Waals surface area contributed by atoms with Gasteiger partial charge in [0.2, 0.25) is 0 Å². The molecule has 25 heavy (non-hydrogen) atoms. The van der Waals surface area contributed by atoms with Crippen molar-refractivity contribution in [1.29, 1.82) is 0 Å². The lowest BCUT2D eigenvalue weighted by atomic mass is 10.1. The van der Waals surface area contributed by atoms with Gasteiger partial charge in [0.1, 0.15) is 0 Å². The molecule has 140 valence electrons. The Hall–Kier alpha value is -1.30. The number of hydrogen-bond acceptors (Lipinski definition) is 3. The second-order valence-corrected chi connectivity index (χ2v) is 7.04. The molecule has 2 unspecified atom stereocenters. The van der Waals surface area contributed by atoms with E-state index in [0.717, 1.165) is 62.1 Å². The van der Waals surface area contributed by atoms with E-state index in [0.29, 0.717) is 12.2 Å². The summed E-state index contributed by atoms with van der Waals surface area (Å²) in [5.41, 5.74) is 1.16. The van der Waals surface area contributed by atoms with Crippen molar-refractivity contribution >= 4 is 17.6 Å². The molecule has 0 aromatic heterocycles. The second kappa shape index (κ2) is 10.6. The lowest BCUT2D eigenvalue weighted by molar-refractivity contribution is -0.0679. The number of benzene rings is 1. The summed E-state index contributed by atoms with van der Waals surface area (Å²) in [6.45, 7) is 9.14. The molecule has 0 spiro atoms. The fourth-order valence-electron chi connectivity index (χ4n) is 3.21. The lowest BCUT2D eigenvalue weighted by Crippen LogP contribution is -2.46. The summed E-state index contributed by atoms with van der Waals surface area (Å²) in [4.78, 5) is 6.76. The van der Waals surface area contributed by atoms with E-state index >= 15 is 0 Å². The molecule has 1 aliphatic heterocycles. The zero-order chi connectivity index (χ0) is 18.1. The van der Waals surface area contributed by atoms with Gasteiger partial charge in [0, 0.05) is 44.8 Å². The van der Waals surface area contributed by atoms with Crippen LogP contribution in [0.5, 0.6) is 0 Å². The van der Waals surface area contributed by atoms with Crippen molar-refractivity contribution in [1.82, 2.24) is 15.5 Å². The van der Waals surface area contributed by atoms with Crippen LogP contribution in [0.4, 0.5) is 0 Å². The van der Waals surface area contributed by atoms with Crippen molar-refractivity contribution in [3.8, 4) is 0 Å². The van der Waals surface area contributed by atoms with Gasteiger partial charge in [-0.2, -0.15) is 0 Å².